The summed E-state index contributed by atoms with van der Waals surface area (Å²) in [5.41, 5.74) is 0.590. The molecule has 1 aliphatic rings. The van der Waals surface area contributed by atoms with Crippen LogP contribution in [0.15, 0.2) is 18.3 Å². The predicted octanol–water partition coefficient (Wildman–Crippen LogP) is 1.33. The van der Waals surface area contributed by atoms with Crippen LogP contribution in [0, 0.1) is 17.2 Å². The van der Waals surface area contributed by atoms with Gasteiger partial charge in [0.25, 0.3) is 0 Å². The highest BCUT2D eigenvalue weighted by molar-refractivity contribution is 5.31. The summed E-state index contributed by atoms with van der Waals surface area (Å²) < 4.78 is 5.59. The number of rotatable bonds is 3. The number of ether oxygens (including phenoxy) is 1. The number of aromatic nitrogens is 1. The van der Waals surface area contributed by atoms with Crippen LogP contribution in [0.5, 0.6) is 5.88 Å². The van der Waals surface area contributed by atoms with Crippen LogP contribution in [-0.2, 0) is 0 Å². The van der Waals surface area contributed by atoms with Gasteiger partial charge in [-0.25, -0.2) is 4.98 Å². The number of piperidine rings is 1. The number of nitriles is 1. The van der Waals surface area contributed by atoms with Gasteiger partial charge in [0.05, 0.1) is 18.2 Å². The van der Waals surface area contributed by atoms with Crippen LogP contribution < -0.4 is 10.1 Å². The fourth-order valence-electron chi connectivity index (χ4n) is 1.83. The first-order valence-corrected chi connectivity index (χ1v) is 5.58. The average molecular weight is 217 g/mol. The van der Waals surface area contributed by atoms with E-state index in [0.29, 0.717) is 24.0 Å². The summed E-state index contributed by atoms with van der Waals surface area (Å²) in [6.07, 6.45) is 4.01. The first-order chi connectivity index (χ1) is 7.88. The first kappa shape index (κ1) is 10.9. The summed E-state index contributed by atoms with van der Waals surface area (Å²) in [4.78, 5) is 4.08. The van der Waals surface area contributed by atoms with Gasteiger partial charge < -0.3 is 10.1 Å². The third-order valence-electron chi connectivity index (χ3n) is 2.73. The van der Waals surface area contributed by atoms with Crippen molar-refractivity contribution in [1.29, 1.82) is 5.26 Å². The summed E-state index contributed by atoms with van der Waals surface area (Å²) >= 11 is 0. The maximum Gasteiger partial charge on any atom is 0.214 e. The molecular formula is C12H15N3O. The van der Waals surface area contributed by atoms with Crippen molar-refractivity contribution < 1.29 is 4.74 Å². The van der Waals surface area contributed by atoms with E-state index in [1.807, 2.05) is 0 Å². The Morgan fingerprint density at radius 3 is 3.31 bits per heavy atom. The van der Waals surface area contributed by atoms with Crippen molar-refractivity contribution in [2.45, 2.75) is 12.8 Å². The summed E-state index contributed by atoms with van der Waals surface area (Å²) in [5.74, 6) is 1.10. The highest BCUT2D eigenvalue weighted by Crippen LogP contribution is 2.13. The smallest absolute Gasteiger partial charge is 0.214 e. The monoisotopic (exact) mass is 217 g/mol. The lowest BCUT2D eigenvalue weighted by atomic mass is 10.0. The van der Waals surface area contributed by atoms with E-state index < -0.39 is 0 Å². The highest BCUT2D eigenvalue weighted by Gasteiger charge is 2.13. The summed E-state index contributed by atoms with van der Waals surface area (Å²) in [6, 6.07) is 5.43. The molecule has 2 rings (SSSR count). The highest BCUT2D eigenvalue weighted by atomic mass is 16.5. The van der Waals surface area contributed by atoms with Crippen molar-refractivity contribution >= 4 is 0 Å². The lowest BCUT2D eigenvalue weighted by Gasteiger charge is -2.22. The normalized spacial score (nSPS) is 20.1. The van der Waals surface area contributed by atoms with E-state index in [1.54, 1.807) is 18.3 Å². The molecule has 1 aromatic heterocycles. The molecule has 1 N–H and O–H groups in total. The Balaban J connectivity index is 1.86. The molecule has 0 radical (unpaired) electrons. The minimum atomic E-state index is 0.546. The van der Waals surface area contributed by atoms with E-state index in [-0.39, 0.29) is 0 Å². The molecule has 4 heteroatoms. The Bertz CT molecular complexity index is 380. The van der Waals surface area contributed by atoms with Crippen LogP contribution in [0.4, 0.5) is 0 Å². The van der Waals surface area contributed by atoms with E-state index in [2.05, 4.69) is 16.4 Å². The van der Waals surface area contributed by atoms with Crippen LogP contribution in [0.25, 0.3) is 0 Å². The zero-order chi connectivity index (χ0) is 11.2. The number of pyridine rings is 1. The van der Waals surface area contributed by atoms with Gasteiger partial charge in [0.15, 0.2) is 0 Å². The Labute approximate surface area is 95.3 Å². The molecule has 1 saturated heterocycles. The van der Waals surface area contributed by atoms with Crippen molar-refractivity contribution in [3.05, 3.63) is 23.9 Å². The molecule has 0 saturated carbocycles. The Morgan fingerprint density at radius 1 is 1.62 bits per heavy atom. The molecule has 1 fully saturated rings. The van der Waals surface area contributed by atoms with Gasteiger partial charge in [-0.05, 0) is 25.5 Å². The number of hydrogen-bond acceptors (Lipinski definition) is 4. The summed E-state index contributed by atoms with van der Waals surface area (Å²) in [6.45, 7) is 2.80. The zero-order valence-corrected chi connectivity index (χ0v) is 9.15. The lowest BCUT2D eigenvalue weighted by Crippen LogP contribution is -2.33. The molecule has 84 valence electrons. The molecule has 2 heterocycles. The van der Waals surface area contributed by atoms with Crippen LogP contribution in [0.3, 0.4) is 0 Å². The molecule has 0 aromatic carbocycles. The number of nitrogens with one attached hydrogen (secondary N) is 1. The van der Waals surface area contributed by atoms with Crippen molar-refractivity contribution in [2.75, 3.05) is 19.7 Å². The molecule has 0 amide bonds. The molecule has 1 atom stereocenters. The van der Waals surface area contributed by atoms with E-state index >= 15 is 0 Å². The number of hydrogen-bond donors (Lipinski definition) is 1. The van der Waals surface area contributed by atoms with Crippen LogP contribution in [0.1, 0.15) is 18.4 Å². The van der Waals surface area contributed by atoms with Crippen molar-refractivity contribution in [1.82, 2.24) is 10.3 Å². The standard InChI is InChI=1S/C12H15N3O/c13-7-10-3-5-15-12(6-10)16-9-11-2-1-4-14-8-11/h3,5-6,11,14H,1-2,4,8-9H2/t11-/m1/s1. The van der Waals surface area contributed by atoms with Gasteiger partial charge in [-0.3, -0.25) is 0 Å². The summed E-state index contributed by atoms with van der Waals surface area (Å²) in [5, 5.41) is 12.1. The molecule has 0 bridgehead atoms. The zero-order valence-electron chi connectivity index (χ0n) is 9.15. The maximum absolute atomic E-state index is 8.74. The third kappa shape index (κ3) is 2.94. The van der Waals surface area contributed by atoms with Crippen molar-refractivity contribution in [3.63, 3.8) is 0 Å². The summed E-state index contributed by atoms with van der Waals surface area (Å²) in [7, 11) is 0. The van der Waals surface area contributed by atoms with E-state index in [4.69, 9.17) is 10.00 Å². The molecule has 0 unspecified atom stereocenters. The fourth-order valence-corrected chi connectivity index (χ4v) is 1.83. The van der Waals surface area contributed by atoms with Gasteiger partial charge >= 0.3 is 0 Å². The van der Waals surface area contributed by atoms with Gasteiger partial charge in [0.1, 0.15) is 0 Å². The van der Waals surface area contributed by atoms with Crippen molar-refractivity contribution in [3.8, 4) is 11.9 Å². The Morgan fingerprint density at radius 2 is 2.56 bits per heavy atom. The van der Waals surface area contributed by atoms with Gasteiger partial charge in [0, 0.05) is 24.7 Å². The first-order valence-electron chi connectivity index (χ1n) is 5.58. The van der Waals surface area contributed by atoms with Crippen LogP contribution >= 0.6 is 0 Å². The Kier molecular flexibility index (Phi) is 3.73. The SMILES string of the molecule is N#Cc1ccnc(OC[C@@H]2CCCNC2)c1. The second kappa shape index (κ2) is 5.47. The van der Waals surface area contributed by atoms with Crippen LogP contribution in [-0.4, -0.2) is 24.7 Å². The fraction of sp³-hybridized carbons (Fsp3) is 0.500. The van der Waals surface area contributed by atoms with Gasteiger partial charge in [0.2, 0.25) is 5.88 Å². The number of nitrogens with zero attached hydrogens (tertiary/aromatic N) is 2. The minimum Gasteiger partial charge on any atom is -0.477 e. The molecule has 0 spiro atoms. The molecule has 0 aliphatic carbocycles. The Hall–Kier alpha value is -1.60. The van der Waals surface area contributed by atoms with E-state index in [1.165, 1.54) is 12.8 Å². The second-order valence-electron chi connectivity index (χ2n) is 4.02. The molecule has 4 nitrogen and oxygen atoms in total. The molecular weight excluding hydrogens is 202 g/mol. The topological polar surface area (TPSA) is 57.9 Å². The van der Waals surface area contributed by atoms with Crippen LogP contribution in [0.2, 0.25) is 0 Å². The van der Waals surface area contributed by atoms with Gasteiger partial charge in [-0.1, -0.05) is 0 Å². The van der Waals surface area contributed by atoms with E-state index in [9.17, 15) is 0 Å². The van der Waals surface area contributed by atoms with Gasteiger partial charge in [-0.15, -0.1) is 0 Å². The lowest BCUT2D eigenvalue weighted by molar-refractivity contribution is 0.212. The van der Waals surface area contributed by atoms with Gasteiger partial charge in [-0.2, -0.15) is 5.26 Å². The van der Waals surface area contributed by atoms with Crippen molar-refractivity contribution in [2.24, 2.45) is 5.92 Å². The predicted molar refractivity (Wildman–Crippen MR) is 60.0 cm³/mol. The third-order valence-corrected chi connectivity index (χ3v) is 2.73. The van der Waals surface area contributed by atoms with E-state index in [0.717, 1.165) is 13.1 Å². The molecule has 1 aliphatic heterocycles. The second-order valence-corrected chi connectivity index (χ2v) is 4.02. The molecule has 1 aromatic rings. The molecule has 16 heavy (non-hydrogen) atoms. The largest absolute Gasteiger partial charge is 0.477 e. The minimum absolute atomic E-state index is 0.546. The average Bonchev–Trinajstić information content (AvgIpc) is 2.38. The maximum atomic E-state index is 8.74. The quantitative estimate of drug-likeness (QED) is 0.829.